The number of rotatable bonds is 3. The Bertz CT molecular complexity index is 871. The van der Waals surface area contributed by atoms with Crippen LogP contribution in [0, 0.1) is 5.92 Å². The minimum absolute atomic E-state index is 0.0319. The van der Waals surface area contributed by atoms with Crippen LogP contribution in [0.4, 0.5) is 19.3 Å². The summed E-state index contributed by atoms with van der Waals surface area (Å²) in [6.07, 6.45) is -0.572. The number of nitrogens with zero attached hydrogens (tertiary/aromatic N) is 1. The highest BCUT2D eigenvalue weighted by Gasteiger charge is 2.82. The number of amides is 2. The van der Waals surface area contributed by atoms with Gasteiger partial charge in [0.1, 0.15) is 11.8 Å². The molecule has 3 N–H and O–H groups in total. The molecule has 3 fully saturated rings. The fourth-order valence-corrected chi connectivity index (χ4v) is 4.81. The summed E-state index contributed by atoms with van der Waals surface area (Å²) in [5, 5.41) is 15.6. The van der Waals surface area contributed by atoms with Gasteiger partial charge in [-0.3, -0.25) is 4.79 Å². The summed E-state index contributed by atoms with van der Waals surface area (Å²) in [5.41, 5.74) is -0.695. The van der Waals surface area contributed by atoms with Crippen LogP contribution in [-0.4, -0.2) is 58.9 Å². The van der Waals surface area contributed by atoms with Crippen LogP contribution in [0.25, 0.3) is 0 Å². The fourth-order valence-electron chi connectivity index (χ4n) is 4.81. The van der Waals surface area contributed by atoms with Crippen molar-refractivity contribution in [2.45, 2.75) is 69.2 Å². The van der Waals surface area contributed by atoms with Crippen LogP contribution in [0.1, 0.15) is 45.6 Å². The topological polar surface area (TPSA) is 90.9 Å². The number of hydrogen-bond acceptors (Lipinski definition) is 5. The Kier molecular flexibility index (Phi) is 5.15. The number of ether oxygens (including phenoxy) is 1. The lowest BCUT2D eigenvalue weighted by Crippen LogP contribution is -2.51. The quantitative estimate of drug-likeness (QED) is 0.677. The minimum atomic E-state index is -2.89. The van der Waals surface area contributed by atoms with Gasteiger partial charge >= 0.3 is 6.09 Å². The normalized spacial score (nSPS) is 32.0. The average molecular weight is 437 g/mol. The van der Waals surface area contributed by atoms with E-state index in [1.807, 2.05) is 0 Å². The van der Waals surface area contributed by atoms with Crippen molar-refractivity contribution in [1.82, 2.24) is 10.2 Å². The first kappa shape index (κ1) is 21.8. The van der Waals surface area contributed by atoms with Crippen molar-refractivity contribution >= 4 is 17.7 Å². The molecule has 31 heavy (non-hydrogen) atoms. The van der Waals surface area contributed by atoms with E-state index in [2.05, 4.69) is 10.6 Å². The van der Waals surface area contributed by atoms with Crippen molar-refractivity contribution in [1.29, 1.82) is 0 Å². The van der Waals surface area contributed by atoms with Crippen LogP contribution in [0.2, 0.25) is 0 Å². The van der Waals surface area contributed by atoms with E-state index >= 15 is 0 Å². The summed E-state index contributed by atoms with van der Waals surface area (Å²) in [4.78, 5) is 25.0. The molecule has 170 valence electrons. The molecule has 7 nitrogen and oxygen atoms in total. The first-order chi connectivity index (χ1) is 14.4. The van der Waals surface area contributed by atoms with E-state index in [4.69, 9.17) is 4.74 Å². The molecule has 0 bridgehead atoms. The van der Waals surface area contributed by atoms with Crippen LogP contribution in [0.15, 0.2) is 24.3 Å². The van der Waals surface area contributed by atoms with E-state index in [0.717, 1.165) is 0 Å². The maximum Gasteiger partial charge on any atom is 0.410 e. The predicted octanol–water partition coefficient (Wildman–Crippen LogP) is 2.84. The summed E-state index contributed by atoms with van der Waals surface area (Å²) >= 11 is 0. The van der Waals surface area contributed by atoms with Gasteiger partial charge in [-0.2, -0.15) is 0 Å². The van der Waals surface area contributed by atoms with Gasteiger partial charge in [0, 0.05) is 25.2 Å². The summed E-state index contributed by atoms with van der Waals surface area (Å²) in [6, 6.07) is 6.48. The highest BCUT2D eigenvalue weighted by atomic mass is 19.3. The third-order valence-corrected chi connectivity index (χ3v) is 6.50. The summed E-state index contributed by atoms with van der Waals surface area (Å²) in [6.45, 7) is 5.44. The number of carbonyl (C=O) groups is 2. The number of piperidine rings is 2. The van der Waals surface area contributed by atoms with Crippen molar-refractivity contribution in [2.24, 2.45) is 5.92 Å². The summed E-state index contributed by atoms with van der Waals surface area (Å²) in [7, 11) is 0. The van der Waals surface area contributed by atoms with Gasteiger partial charge < -0.3 is 25.4 Å². The summed E-state index contributed by atoms with van der Waals surface area (Å²) in [5.74, 6) is -4.02. The number of aliphatic hydroxyl groups is 1. The minimum Gasteiger partial charge on any atom is -0.444 e. The Labute approximate surface area is 180 Å². The lowest BCUT2D eigenvalue weighted by atomic mass is 9.87. The maximum absolute atomic E-state index is 14.9. The van der Waals surface area contributed by atoms with E-state index in [9.17, 15) is 23.5 Å². The average Bonchev–Trinajstić information content (AvgIpc) is 3.19. The zero-order chi connectivity index (χ0) is 22.6. The van der Waals surface area contributed by atoms with Gasteiger partial charge in [-0.1, -0.05) is 12.1 Å². The molecule has 1 saturated carbocycles. The molecule has 3 aliphatic rings. The molecular formula is C22H29F2N3O4. The molecule has 0 spiro atoms. The Morgan fingerprint density at radius 1 is 1.29 bits per heavy atom. The van der Waals surface area contributed by atoms with Crippen molar-refractivity contribution < 1.29 is 28.2 Å². The second-order valence-corrected chi connectivity index (χ2v) is 9.70. The maximum atomic E-state index is 14.9. The molecule has 2 saturated heterocycles. The first-order valence-corrected chi connectivity index (χ1v) is 10.6. The number of carbonyl (C=O) groups excluding carboxylic acids is 2. The molecule has 2 unspecified atom stereocenters. The number of fused-ring (bicyclic) bond motifs is 1. The fraction of sp³-hybridized carbons (Fsp3) is 0.636. The number of halogens is 2. The third-order valence-electron chi connectivity index (χ3n) is 6.50. The van der Waals surface area contributed by atoms with E-state index in [1.165, 1.54) is 4.90 Å². The smallest absolute Gasteiger partial charge is 0.410 e. The molecule has 1 aromatic rings. The lowest BCUT2D eigenvalue weighted by molar-refractivity contribution is -0.126. The molecule has 0 aromatic heterocycles. The van der Waals surface area contributed by atoms with Crippen LogP contribution >= 0.6 is 0 Å². The SMILES string of the molecule is CC(C)(C)OC(=O)N1CC[C@@]2(c3ccc(N[C@@H]4CCC(=O)NC4O)cc3)C(C1)C2(F)F. The second-order valence-electron chi connectivity index (χ2n) is 9.70. The number of aliphatic hydroxyl groups excluding tert-OH is 1. The van der Waals surface area contributed by atoms with Gasteiger partial charge in [0.25, 0.3) is 5.92 Å². The second kappa shape index (κ2) is 7.32. The standard InChI is InChI=1S/C22H29F2N3O4/c1-20(2,3)31-19(30)27-11-10-21(16(12-27)22(21,23)24)13-4-6-14(7-5-13)25-15-8-9-17(28)26-18(15)29/h4-7,15-16,18,25,29H,8-12H2,1-3H3,(H,26,28)/t15-,16?,18?,21-/m1/s1. The predicted molar refractivity (Wildman–Crippen MR) is 110 cm³/mol. The zero-order valence-corrected chi connectivity index (χ0v) is 18.0. The van der Waals surface area contributed by atoms with Crippen LogP contribution in [0.5, 0.6) is 0 Å². The molecule has 9 heteroatoms. The zero-order valence-electron chi connectivity index (χ0n) is 18.0. The molecule has 4 atom stereocenters. The molecule has 4 rings (SSSR count). The molecule has 0 radical (unpaired) electrons. The molecule has 2 heterocycles. The Balaban J connectivity index is 1.44. The van der Waals surface area contributed by atoms with E-state index in [-0.39, 0.29) is 31.5 Å². The Morgan fingerprint density at radius 3 is 2.55 bits per heavy atom. The number of benzene rings is 1. The van der Waals surface area contributed by atoms with E-state index in [0.29, 0.717) is 24.1 Å². The number of likely N-dealkylation sites (tertiary alicyclic amines) is 1. The van der Waals surface area contributed by atoms with Gasteiger partial charge in [-0.05, 0) is 51.3 Å². The molecule has 1 aromatic carbocycles. The van der Waals surface area contributed by atoms with Crippen LogP contribution in [-0.2, 0) is 14.9 Å². The Morgan fingerprint density at radius 2 is 1.97 bits per heavy atom. The molecule has 2 aliphatic heterocycles. The molecule has 2 amide bonds. The number of alkyl halides is 2. The van der Waals surface area contributed by atoms with E-state index < -0.39 is 35.2 Å². The monoisotopic (exact) mass is 437 g/mol. The number of anilines is 1. The highest BCUT2D eigenvalue weighted by Crippen LogP contribution is 2.70. The first-order valence-electron chi connectivity index (χ1n) is 10.6. The van der Waals surface area contributed by atoms with Gasteiger partial charge in [-0.15, -0.1) is 0 Å². The van der Waals surface area contributed by atoms with E-state index in [1.54, 1.807) is 45.0 Å². The number of nitrogens with one attached hydrogen (secondary N) is 2. The van der Waals surface area contributed by atoms with Gasteiger partial charge in [0.15, 0.2) is 0 Å². The number of hydrogen-bond donors (Lipinski definition) is 3. The lowest BCUT2D eigenvalue weighted by Gasteiger charge is -2.32. The summed E-state index contributed by atoms with van der Waals surface area (Å²) < 4.78 is 35.2. The third kappa shape index (κ3) is 3.84. The Hall–Kier alpha value is -2.42. The molecular weight excluding hydrogens is 408 g/mol. The van der Waals surface area contributed by atoms with Crippen molar-refractivity contribution in [3.8, 4) is 0 Å². The van der Waals surface area contributed by atoms with Crippen molar-refractivity contribution in [3.05, 3.63) is 29.8 Å². The molecule has 1 aliphatic carbocycles. The van der Waals surface area contributed by atoms with Crippen molar-refractivity contribution in [2.75, 3.05) is 18.4 Å². The highest BCUT2D eigenvalue weighted by molar-refractivity contribution is 5.77. The van der Waals surface area contributed by atoms with Crippen molar-refractivity contribution in [3.63, 3.8) is 0 Å². The van der Waals surface area contributed by atoms with Gasteiger partial charge in [0.05, 0.1) is 17.4 Å². The largest absolute Gasteiger partial charge is 0.444 e. The van der Waals surface area contributed by atoms with Crippen LogP contribution in [0.3, 0.4) is 0 Å². The van der Waals surface area contributed by atoms with Crippen LogP contribution < -0.4 is 10.6 Å². The van der Waals surface area contributed by atoms with Gasteiger partial charge in [-0.25, -0.2) is 13.6 Å². The van der Waals surface area contributed by atoms with Gasteiger partial charge in [0.2, 0.25) is 5.91 Å².